The zero-order chi connectivity index (χ0) is 18.0. The molecule has 1 aliphatic carbocycles. The number of nitrogens with one attached hydrogen (secondary N) is 2. The molecule has 126 valence electrons. The van der Waals surface area contributed by atoms with Crippen molar-refractivity contribution >= 4 is 11.8 Å². The first kappa shape index (κ1) is 16.5. The zero-order valence-electron chi connectivity index (χ0n) is 13.3. The number of nitrogens with two attached hydrogens (primary N) is 1. The van der Waals surface area contributed by atoms with Gasteiger partial charge in [0.05, 0.1) is 17.7 Å². The number of H-pyrrole nitrogens is 1. The fraction of sp³-hybridized carbons (Fsp3) is 0.222. The summed E-state index contributed by atoms with van der Waals surface area (Å²) in [6.07, 6.45) is 2.14. The van der Waals surface area contributed by atoms with Gasteiger partial charge in [-0.2, -0.15) is 5.26 Å². The third-order valence-electron chi connectivity index (χ3n) is 4.28. The molecule has 0 aliphatic heterocycles. The first-order chi connectivity index (χ1) is 12.0. The van der Waals surface area contributed by atoms with Gasteiger partial charge in [0.2, 0.25) is 0 Å². The van der Waals surface area contributed by atoms with Crippen molar-refractivity contribution in [2.75, 3.05) is 0 Å². The van der Waals surface area contributed by atoms with Crippen LogP contribution in [0.1, 0.15) is 56.4 Å². The quantitative estimate of drug-likeness (QED) is 0.776. The number of amides is 2. The van der Waals surface area contributed by atoms with E-state index in [1.807, 2.05) is 6.07 Å². The average molecular weight is 336 g/mol. The second-order valence-electron chi connectivity index (χ2n) is 5.92. The van der Waals surface area contributed by atoms with Crippen molar-refractivity contribution in [3.63, 3.8) is 0 Å². The summed E-state index contributed by atoms with van der Waals surface area (Å²) in [5.41, 5.74) is 6.79. The predicted molar refractivity (Wildman–Crippen MR) is 89.9 cm³/mol. The van der Waals surface area contributed by atoms with Crippen molar-refractivity contribution in [3.05, 3.63) is 68.6 Å². The minimum Gasteiger partial charge on any atom is -0.365 e. The van der Waals surface area contributed by atoms with Gasteiger partial charge in [-0.15, -0.1) is 0 Å². The molecule has 4 N–H and O–H groups in total. The van der Waals surface area contributed by atoms with Gasteiger partial charge < -0.3 is 16.0 Å². The number of carbonyl (C=O) groups excluding carboxylic acids is 2. The third-order valence-corrected chi connectivity index (χ3v) is 4.28. The fourth-order valence-corrected chi connectivity index (χ4v) is 3.05. The summed E-state index contributed by atoms with van der Waals surface area (Å²) in [4.78, 5) is 38.5. The van der Waals surface area contributed by atoms with Crippen LogP contribution in [-0.4, -0.2) is 16.8 Å². The lowest BCUT2D eigenvalue weighted by Gasteiger charge is -2.26. The highest BCUT2D eigenvalue weighted by atomic mass is 16.2. The maximum absolute atomic E-state index is 12.5. The molecular weight excluding hydrogens is 320 g/mol. The Labute approximate surface area is 143 Å². The Balaban J connectivity index is 1.91. The number of nitrogens with zero attached hydrogens (tertiary/aromatic N) is 1. The van der Waals surface area contributed by atoms with Crippen LogP contribution >= 0.6 is 0 Å². The van der Waals surface area contributed by atoms with Gasteiger partial charge in [0.15, 0.2) is 0 Å². The monoisotopic (exact) mass is 336 g/mol. The minimum atomic E-state index is -0.804. The number of rotatable bonds is 3. The fourth-order valence-electron chi connectivity index (χ4n) is 3.05. The molecule has 3 rings (SSSR count). The second-order valence-corrected chi connectivity index (χ2v) is 5.92. The lowest BCUT2D eigenvalue weighted by atomic mass is 9.90. The van der Waals surface area contributed by atoms with Crippen LogP contribution in [0.25, 0.3) is 0 Å². The van der Waals surface area contributed by atoms with E-state index in [1.165, 1.54) is 12.1 Å². The van der Waals surface area contributed by atoms with E-state index in [0.717, 1.165) is 6.42 Å². The number of benzene rings is 1. The van der Waals surface area contributed by atoms with Crippen LogP contribution in [0.15, 0.2) is 35.1 Å². The standard InChI is InChI=1S/C18H16N4O3/c19-9-10-3-1-4-11(7-10)17(24)21-14-5-2-6-15-12(14)8-13(16(20)23)18(25)22-15/h1,3-4,7-8,14H,2,5-6H2,(H2,20,23)(H,21,24)(H,22,25). The molecular formula is C18H16N4O3. The molecule has 2 amide bonds. The average Bonchev–Trinajstić information content (AvgIpc) is 2.61. The Morgan fingerprint density at radius 3 is 2.84 bits per heavy atom. The SMILES string of the molecule is N#Cc1cccc(C(=O)NC2CCCc3[nH]c(=O)c(C(N)=O)cc32)c1. The van der Waals surface area contributed by atoms with Gasteiger partial charge in [0.1, 0.15) is 5.56 Å². The van der Waals surface area contributed by atoms with Gasteiger partial charge in [0, 0.05) is 11.3 Å². The van der Waals surface area contributed by atoms with Crippen molar-refractivity contribution in [2.45, 2.75) is 25.3 Å². The molecule has 0 saturated carbocycles. The van der Waals surface area contributed by atoms with Crippen molar-refractivity contribution < 1.29 is 9.59 Å². The summed E-state index contributed by atoms with van der Waals surface area (Å²) in [7, 11) is 0. The summed E-state index contributed by atoms with van der Waals surface area (Å²) in [6.45, 7) is 0. The number of pyridine rings is 1. The molecule has 1 aromatic heterocycles. The Morgan fingerprint density at radius 1 is 1.32 bits per heavy atom. The van der Waals surface area contributed by atoms with Crippen LogP contribution in [0.2, 0.25) is 0 Å². The van der Waals surface area contributed by atoms with Crippen LogP contribution in [0.5, 0.6) is 0 Å². The summed E-state index contributed by atoms with van der Waals surface area (Å²) >= 11 is 0. The minimum absolute atomic E-state index is 0.119. The first-order valence-electron chi connectivity index (χ1n) is 7.86. The number of aromatic amines is 1. The lowest BCUT2D eigenvalue weighted by Crippen LogP contribution is -2.34. The predicted octanol–water partition coefficient (Wildman–Crippen LogP) is 1.15. The van der Waals surface area contributed by atoms with Crippen LogP contribution in [0.3, 0.4) is 0 Å². The number of fused-ring (bicyclic) bond motifs is 1. The number of primary amides is 1. The summed E-state index contributed by atoms with van der Waals surface area (Å²) < 4.78 is 0. The molecule has 0 spiro atoms. The van der Waals surface area contributed by atoms with Crippen LogP contribution in [0.4, 0.5) is 0 Å². The van der Waals surface area contributed by atoms with E-state index in [2.05, 4.69) is 10.3 Å². The van der Waals surface area contributed by atoms with Crippen molar-refractivity contribution in [3.8, 4) is 6.07 Å². The highest BCUT2D eigenvalue weighted by Gasteiger charge is 2.25. The number of hydrogen-bond donors (Lipinski definition) is 3. The van der Waals surface area contributed by atoms with Gasteiger partial charge in [-0.3, -0.25) is 14.4 Å². The van der Waals surface area contributed by atoms with Crippen molar-refractivity contribution in [1.29, 1.82) is 5.26 Å². The zero-order valence-corrected chi connectivity index (χ0v) is 13.3. The highest BCUT2D eigenvalue weighted by Crippen LogP contribution is 2.28. The summed E-state index contributed by atoms with van der Waals surface area (Å²) in [5.74, 6) is -1.12. The smallest absolute Gasteiger partial charge is 0.261 e. The maximum Gasteiger partial charge on any atom is 0.261 e. The number of aromatic nitrogens is 1. The van der Waals surface area contributed by atoms with Gasteiger partial charge in [-0.25, -0.2) is 0 Å². The third kappa shape index (κ3) is 3.28. The van der Waals surface area contributed by atoms with E-state index in [1.54, 1.807) is 18.2 Å². The molecule has 1 atom stereocenters. The Morgan fingerprint density at radius 2 is 2.12 bits per heavy atom. The molecule has 0 bridgehead atoms. The molecule has 0 fully saturated rings. The number of nitriles is 1. The molecule has 1 unspecified atom stereocenters. The van der Waals surface area contributed by atoms with Gasteiger partial charge in [-0.05, 0) is 49.1 Å². The Kier molecular flexibility index (Phi) is 4.35. The largest absolute Gasteiger partial charge is 0.365 e. The van der Waals surface area contributed by atoms with E-state index >= 15 is 0 Å². The molecule has 1 heterocycles. The molecule has 7 heteroatoms. The number of aryl methyl sites for hydroxylation is 1. The maximum atomic E-state index is 12.5. The van der Waals surface area contributed by atoms with Crippen molar-refractivity contribution in [1.82, 2.24) is 10.3 Å². The molecule has 7 nitrogen and oxygen atoms in total. The topological polar surface area (TPSA) is 129 Å². The van der Waals surface area contributed by atoms with E-state index in [4.69, 9.17) is 11.0 Å². The number of carbonyl (C=O) groups is 2. The van der Waals surface area contributed by atoms with Crippen molar-refractivity contribution in [2.24, 2.45) is 5.73 Å². The first-order valence-corrected chi connectivity index (χ1v) is 7.86. The summed E-state index contributed by atoms with van der Waals surface area (Å²) in [5, 5.41) is 11.9. The molecule has 0 saturated heterocycles. The normalized spacial score (nSPS) is 15.7. The Bertz CT molecular complexity index is 956. The molecule has 1 aliphatic rings. The van der Waals surface area contributed by atoms with Gasteiger partial charge in [-0.1, -0.05) is 6.07 Å². The number of hydrogen-bond acceptors (Lipinski definition) is 4. The molecule has 25 heavy (non-hydrogen) atoms. The van der Waals surface area contributed by atoms with E-state index < -0.39 is 11.5 Å². The summed E-state index contributed by atoms with van der Waals surface area (Å²) in [6, 6.07) is 9.53. The van der Waals surface area contributed by atoms with E-state index in [9.17, 15) is 14.4 Å². The second kappa shape index (κ2) is 6.61. The molecule has 2 aromatic rings. The molecule has 0 radical (unpaired) electrons. The highest BCUT2D eigenvalue weighted by molar-refractivity contribution is 5.95. The Hall–Kier alpha value is -3.40. The van der Waals surface area contributed by atoms with Gasteiger partial charge in [0.25, 0.3) is 17.4 Å². The van der Waals surface area contributed by atoms with E-state index in [-0.39, 0.29) is 17.5 Å². The van der Waals surface area contributed by atoms with Gasteiger partial charge >= 0.3 is 0 Å². The van der Waals surface area contributed by atoms with Crippen LogP contribution < -0.4 is 16.6 Å². The molecule has 1 aromatic carbocycles. The van der Waals surface area contributed by atoms with E-state index in [0.29, 0.717) is 35.2 Å². The lowest BCUT2D eigenvalue weighted by molar-refractivity contribution is 0.0932. The van der Waals surface area contributed by atoms with Crippen LogP contribution in [0, 0.1) is 11.3 Å². The van der Waals surface area contributed by atoms with Crippen LogP contribution in [-0.2, 0) is 6.42 Å².